The number of nitrogens with two attached hydrogens (primary N) is 1. The summed E-state index contributed by atoms with van der Waals surface area (Å²) in [6.07, 6.45) is 0.862. The zero-order valence-corrected chi connectivity index (χ0v) is 12.3. The van der Waals surface area contributed by atoms with Gasteiger partial charge in [-0.2, -0.15) is 0 Å². The Labute approximate surface area is 119 Å². The molecule has 1 aromatic rings. The molecule has 1 rings (SSSR count). The molecule has 5 heteroatoms. The molecule has 0 aliphatic rings. The standard InChI is InChI=1S/C14H20N2O2S/c1-4-14(2,3)16-12(17)9-18-11-7-5-10(6-8-11)13(15)19/h5-8H,4,9H2,1-3H3,(H2,15,19)(H,16,17). The van der Waals surface area contributed by atoms with Gasteiger partial charge in [-0.3, -0.25) is 4.79 Å². The Bertz CT molecular complexity index is 455. The fourth-order valence-electron chi connectivity index (χ4n) is 1.37. The van der Waals surface area contributed by atoms with Gasteiger partial charge in [0.15, 0.2) is 6.61 Å². The minimum atomic E-state index is -0.212. The van der Waals surface area contributed by atoms with Crippen molar-refractivity contribution in [2.24, 2.45) is 5.73 Å². The molecule has 0 fully saturated rings. The molecule has 1 amide bonds. The van der Waals surface area contributed by atoms with Crippen molar-refractivity contribution in [2.45, 2.75) is 32.7 Å². The van der Waals surface area contributed by atoms with E-state index in [2.05, 4.69) is 5.32 Å². The predicted molar refractivity (Wildman–Crippen MR) is 80.3 cm³/mol. The van der Waals surface area contributed by atoms with Crippen LogP contribution >= 0.6 is 12.2 Å². The lowest BCUT2D eigenvalue weighted by Gasteiger charge is -2.24. The molecular weight excluding hydrogens is 260 g/mol. The molecule has 0 spiro atoms. The van der Waals surface area contributed by atoms with Crippen LogP contribution in [-0.4, -0.2) is 23.0 Å². The number of rotatable bonds is 6. The van der Waals surface area contributed by atoms with Crippen LogP contribution in [-0.2, 0) is 4.79 Å². The number of hydrogen-bond acceptors (Lipinski definition) is 3. The smallest absolute Gasteiger partial charge is 0.258 e. The third-order valence-corrected chi connectivity index (χ3v) is 3.11. The summed E-state index contributed by atoms with van der Waals surface area (Å²) in [5.41, 5.74) is 6.06. The molecule has 1 aromatic carbocycles. The maximum Gasteiger partial charge on any atom is 0.258 e. The summed E-state index contributed by atoms with van der Waals surface area (Å²) in [6, 6.07) is 7.02. The second-order valence-electron chi connectivity index (χ2n) is 4.96. The topological polar surface area (TPSA) is 64.3 Å². The number of amides is 1. The number of carbonyl (C=O) groups excluding carboxylic acids is 1. The van der Waals surface area contributed by atoms with Crippen LogP contribution in [0.4, 0.5) is 0 Å². The lowest BCUT2D eigenvalue weighted by atomic mass is 10.0. The number of hydrogen-bond donors (Lipinski definition) is 2. The van der Waals surface area contributed by atoms with E-state index < -0.39 is 0 Å². The van der Waals surface area contributed by atoms with Gasteiger partial charge in [0, 0.05) is 11.1 Å². The van der Waals surface area contributed by atoms with E-state index in [1.54, 1.807) is 24.3 Å². The maximum absolute atomic E-state index is 11.7. The first-order valence-corrected chi connectivity index (χ1v) is 6.58. The van der Waals surface area contributed by atoms with E-state index in [1.165, 1.54) is 0 Å². The van der Waals surface area contributed by atoms with E-state index in [1.807, 2.05) is 20.8 Å². The van der Waals surface area contributed by atoms with Gasteiger partial charge in [-0.25, -0.2) is 0 Å². The monoisotopic (exact) mass is 280 g/mol. The summed E-state index contributed by atoms with van der Waals surface area (Å²) in [4.78, 5) is 12.0. The summed E-state index contributed by atoms with van der Waals surface area (Å²) in [5.74, 6) is 0.481. The summed E-state index contributed by atoms with van der Waals surface area (Å²) in [5, 5.41) is 2.90. The molecule has 3 N–H and O–H groups in total. The van der Waals surface area contributed by atoms with E-state index in [0.29, 0.717) is 10.7 Å². The van der Waals surface area contributed by atoms with E-state index >= 15 is 0 Å². The van der Waals surface area contributed by atoms with Gasteiger partial charge in [0.25, 0.3) is 5.91 Å². The second kappa shape index (κ2) is 6.52. The highest BCUT2D eigenvalue weighted by atomic mass is 32.1. The van der Waals surface area contributed by atoms with Crippen LogP contribution in [0.5, 0.6) is 5.75 Å². The third-order valence-electron chi connectivity index (χ3n) is 2.87. The van der Waals surface area contributed by atoms with E-state index in [4.69, 9.17) is 22.7 Å². The van der Waals surface area contributed by atoms with Crippen LogP contribution in [0.3, 0.4) is 0 Å². The first-order chi connectivity index (χ1) is 8.84. The quantitative estimate of drug-likeness (QED) is 0.782. The average Bonchev–Trinajstić information content (AvgIpc) is 2.36. The molecule has 0 bridgehead atoms. The minimum Gasteiger partial charge on any atom is -0.484 e. The van der Waals surface area contributed by atoms with Crippen LogP contribution in [0.15, 0.2) is 24.3 Å². The fraction of sp³-hybridized carbons (Fsp3) is 0.429. The Kier molecular flexibility index (Phi) is 5.30. The van der Waals surface area contributed by atoms with Gasteiger partial charge in [0.1, 0.15) is 10.7 Å². The number of ether oxygens (including phenoxy) is 1. The molecule has 0 saturated carbocycles. The van der Waals surface area contributed by atoms with Gasteiger partial charge in [-0.05, 0) is 44.5 Å². The Morgan fingerprint density at radius 2 is 1.95 bits per heavy atom. The van der Waals surface area contributed by atoms with Crippen molar-refractivity contribution in [3.63, 3.8) is 0 Å². The number of benzene rings is 1. The van der Waals surface area contributed by atoms with Crippen molar-refractivity contribution >= 4 is 23.1 Å². The molecule has 0 atom stereocenters. The third kappa shape index (κ3) is 5.26. The van der Waals surface area contributed by atoms with Crippen molar-refractivity contribution in [2.75, 3.05) is 6.61 Å². The molecule has 0 aliphatic carbocycles. The van der Waals surface area contributed by atoms with Crippen molar-refractivity contribution in [3.8, 4) is 5.75 Å². The zero-order valence-electron chi connectivity index (χ0n) is 11.5. The van der Waals surface area contributed by atoms with Crippen LogP contribution in [0, 0.1) is 0 Å². The van der Waals surface area contributed by atoms with Gasteiger partial charge in [-0.1, -0.05) is 19.1 Å². The van der Waals surface area contributed by atoms with Crippen molar-refractivity contribution in [3.05, 3.63) is 29.8 Å². The second-order valence-corrected chi connectivity index (χ2v) is 5.40. The lowest BCUT2D eigenvalue weighted by Crippen LogP contribution is -2.44. The fourth-order valence-corrected chi connectivity index (χ4v) is 1.50. The summed E-state index contributed by atoms with van der Waals surface area (Å²) < 4.78 is 5.40. The molecule has 0 radical (unpaired) electrons. The summed E-state index contributed by atoms with van der Waals surface area (Å²) in [6.45, 7) is 5.97. The Balaban J connectivity index is 2.48. The van der Waals surface area contributed by atoms with Gasteiger partial charge in [-0.15, -0.1) is 0 Å². The summed E-state index contributed by atoms with van der Waals surface area (Å²) in [7, 11) is 0. The lowest BCUT2D eigenvalue weighted by molar-refractivity contribution is -0.124. The Hall–Kier alpha value is -1.62. The molecule has 4 nitrogen and oxygen atoms in total. The largest absolute Gasteiger partial charge is 0.484 e. The van der Waals surface area contributed by atoms with Crippen molar-refractivity contribution in [1.82, 2.24) is 5.32 Å². The molecule has 19 heavy (non-hydrogen) atoms. The first kappa shape index (κ1) is 15.4. The zero-order chi connectivity index (χ0) is 14.5. The van der Waals surface area contributed by atoms with Crippen LogP contribution in [0.1, 0.15) is 32.8 Å². The maximum atomic E-state index is 11.7. The molecule has 104 valence electrons. The molecule has 0 saturated heterocycles. The highest BCUT2D eigenvalue weighted by molar-refractivity contribution is 7.80. The van der Waals surface area contributed by atoms with Gasteiger partial charge < -0.3 is 15.8 Å². The predicted octanol–water partition coefficient (Wildman–Crippen LogP) is 2.00. The number of nitrogens with one attached hydrogen (secondary N) is 1. The van der Waals surface area contributed by atoms with E-state index in [0.717, 1.165) is 12.0 Å². The molecule has 0 aliphatic heterocycles. The molecule has 0 aromatic heterocycles. The van der Waals surface area contributed by atoms with Gasteiger partial charge in [0.05, 0.1) is 0 Å². The van der Waals surface area contributed by atoms with E-state index in [9.17, 15) is 4.79 Å². The van der Waals surface area contributed by atoms with Crippen LogP contribution < -0.4 is 15.8 Å². The Morgan fingerprint density at radius 1 is 1.37 bits per heavy atom. The van der Waals surface area contributed by atoms with E-state index in [-0.39, 0.29) is 18.1 Å². The highest BCUT2D eigenvalue weighted by Gasteiger charge is 2.17. The van der Waals surface area contributed by atoms with Gasteiger partial charge >= 0.3 is 0 Å². The van der Waals surface area contributed by atoms with Gasteiger partial charge in [0.2, 0.25) is 0 Å². The molecule has 0 unspecified atom stereocenters. The minimum absolute atomic E-state index is 0.00412. The highest BCUT2D eigenvalue weighted by Crippen LogP contribution is 2.12. The van der Waals surface area contributed by atoms with Crippen LogP contribution in [0.25, 0.3) is 0 Å². The SMILES string of the molecule is CCC(C)(C)NC(=O)COc1ccc(C(N)=S)cc1. The molecule has 0 heterocycles. The molecular formula is C14H20N2O2S. The van der Waals surface area contributed by atoms with Crippen LogP contribution in [0.2, 0.25) is 0 Å². The number of carbonyl (C=O) groups is 1. The normalized spacial score (nSPS) is 10.9. The van der Waals surface area contributed by atoms with Crippen molar-refractivity contribution in [1.29, 1.82) is 0 Å². The summed E-state index contributed by atoms with van der Waals surface area (Å²) >= 11 is 4.86. The average molecular weight is 280 g/mol. The first-order valence-electron chi connectivity index (χ1n) is 6.18. The van der Waals surface area contributed by atoms with Crippen molar-refractivity contribution < 1.29 is 9.53 Å². The number of thiocarbonyl (C=S) groups is 1. The Morgan fingerprint density at radius 3 is 2.42 bits per heavy atom.